The van der Waals surface area contributed by atoms with Crippen LogP contribution in [0.2, 0.25) is 0 Å². The van der Waals surface area contributed by atoms with Crippen molar-refractivity contribution in [3.05, 3.63) is 59.7 Å². The van der Waals surface area contributed by atoms with Crippen LogP contribution in [-0.2, 0) is 17.8 Å². The molecule has 110 valence electrons. The lowest BCUT2D eigenvalue weighted by Gasteiger charge is -2.11. The van der Waals surface area contributed by atoms with Gasteiger partial charge in [-0.15, -0.1) is 0 Å². The molecule has 0 aliphatic heterocycles. The Bertz CT molecular complexity index is 547. The van der Waals surface area contributed by atoms with Crippen molar-refractivity contribution < 1.29 is 4.74 Å². The zero-order valence-corrected chi connectivity index (χ0v) is 12.8. The highest BCUT2D eigenvalue weighted by Gasteiger charge is 2.14. The van der Waals surface area contributed by atoms with E-state index in [1.54, 1.807) is 0 Å². The van der Waals surface area contributed by atoms with E-state index in [1.807, 2.05) is 0 Å². The summed E-state index contributed by atoms with van der Waals surface area (Å²) in [6, 6.07) is 17.6. The van der Waals surface area contributed by atoms with Crippen LogP contribution in [0.5, 0.6) is 0 Å². The van der Waals surface area contributed by atoms with Crippen LogP contribution in [0.15, 0.2) is 48.5 Å². The molecule has 2 aromatic rings. The third-order valence-electron chi connectivity index (χ3n) is 4.44. The van der Waals surface area contributed by atoms with Crippen LogP contribution in [0.1, 0.15) is 43.7 Å². The molecule has 0 aromatic heterocycles. The van der Waals surface area contributed by atoms with Gasteiger partial charge in [0.05, 0.1) is 12.7 Å². The Morgan fingerprint density at radius 3 is 1.86 bits per heavy atom. The normalized spacial score (nSPS) is 15.5. The first-order valence-electron chi connectivity index (χ1n) is 8.15. The molecule has 1 fully saturated rings. The van der Waals surface area contributed by atoms with E-state index < -0.39 is 0 Å². The van der Waals surface area contributed by atoms with Crippen molar-refractivity contribution >= 4 is 0 Å². The molecule has 21 heavy (non-hydrogen) atoms. The second-order valence-corrected chi connectivity index (χ2v) is 5.96. The Morgan fingerprint density at radius 2 is 1.33 bits per heavy atom. The molecule has 1 nitrogen and oxygen atoms in total. The van der Waals surface area contributed by atoms with Gasteiger partial charge in [-0.1, -0.05) is 68.3 Å². The molecule has 2 aromatic carbocycles. The summed E-state index contributed by atoms with van der Waals surface area (Å²) in [6.45, 7) is 2.94. The summed E-state index contributed by atoms with van der Waals surface area (Å²) >= 11 is 0. The van der Waals surface area contributed by atoms with Crippen molar-refractivity contribution in [2.45, 2.75) is 51.7 Å². The molecular formula is C20H24O. The second-order valence-electron chi connectivity index (χ2n) is 5.96. The van der Waals surface area contributed by atoms with Crippen molar-refractivity contribution in [1.29, 1.82) is 0 Å². The Hall–Kier alpha value is -1.60. The molecule has 3 rings (SSSR count). The molecule has 1 aliphatic carbocycles. The maximum absolute atomic E-state index is 5.96. The first kappa shape index (κ1) is 14.3. The number of ether oxygens (including phenoxy) is 1. The van der Waals surface area contributed by atoms with Gasteiger partial charge in [-0.05, 0) is 41.5 Å². The summed E-state index contributed by atoms with van der Waals surface area (Å²) in [5.41, 5.74) is 5.23. The fourth-order valence-electron chi connectivity index (χ4n) is 3.00. The lowest BCUT2D eigenvalue weighted by atomic mass is 10.0. The Labute approximate surface area is 128 Å². The van der Waals surface area contributed by atoms with E-state index in [9.17, 15) is 0 Å². The van der Waals surface area contributed by atoms with Crippen LogP contribution in [0, 0.1) is 0 Å². The van der Waals surface area contributed by atoms with E-state index in [1.165, 1.54) is 47.9 Å². The maximum Gasteiger partial charge on any atom is 0.0720 e. The SMILES string of the molecule is CCc1ccc(-c2ccc(COC3CCCC3)cc2)cc1. The summed E-state index contributed by atoms with van der Waals surface area (Å²) in [6.07, 6.45) is 6.72. The van der Waals surface area contributed by atoms with Crippen molar-refractivity contribution in [3.63, 3.8) is 0 Å². The van der Waals surface area contributed by atoms with E-state index in [2.05, 4.69) is 55.5 Å². The molecule has 1 aliphatic rings. The monoisotopic (exact) mass is 280 g/mol. The van der Waals surface area contributed by atoms with Gasteiger partial charge in [0.25, 0.3) is 0 Å². The topological polar surface area (TPSA) is 9.23 Å². The van der Waals surface area contributed by atoms with E-state index in [0.717, 1.165) is 13.0 Å². The summed E-state index contributed by atoms with van der Waals surface area (Å²) in [7, 11) is 0. The molecule has 0 unspecified atom stereocenters. The first-order chi connectivity index (χ1) is 10.3. The quantitative estimate of drug-likeness (QED) is 0.715. The summed E-state index contributed by atoms with van der Waals surface area (Å²) in [5.74, 6) is 0. The Kier molecular flexibility index (Phi) is 4.72. The fourth-order valence-corrected chi connectivity index (χ4v) is 3.00. The largest absolute Gasteiger partial charge is 0.374 e. The summed E-state index contributed by atoms with van der Waals surface area (Å²) in [5, 5.41) is 0. The third-order valence-corrected chi connectivity index (χ3v) is 4.44. The van der Waals surface area contributed by atoms with Gasteiger partial charge in [0.15, 0.2) is 0 Å². The fraction of sp³-hybridized carbons (Fsp3) is 0.400. The average Bonchev–Trinajstić information content (AvgIpc) is 3.07. The van der Waals surface area contributed by atoms with Crippen LogP contribution in [0.4, 0.5) is 0 Å². The zero-order valence-electron chi connectivity index (χ0n) is 12.8. The molecule has 0 saturated heterocycles. The molecule has 0 radical (unpaired) electrons. The minimum absolute atomic E-state index is 0.492. The molecule has 0 amide bonds. The van der Waals surface area contributed by atoms with E-state index >= 15 is 0 Å². The second kappa shape index (κ2) is 6.91. The van der Waals surface area contributed by atoms with Gasteiger partial charge in [-0.3, -0.25) is 0 Å². The van der Waals surface area contributed by atoms with Crippen molar-refractivity contribution in [3.8, 4) is 11.1 Å². The molecular weight excluding hydrogens is 256 g/mol. The molecule has 0 bridgehead atoms. The van der Waals surface area contributed by atoms with E-state index in [4.69, 9.17) is 4.74 Å². The van der Waals surface area contributed by atoms with Gasteiger partial charge in [0.1, 0.15) is 0 Å². The van der Waals surface area contributed by atoms with Crippen molar-refractivity contribution in [2.24, 2.45) is 0 Å². The van der Waals surface area contributed by atoms with Crippen molar-refractivity contribution in [2.75, 3.05) is 0 Å². The average molecular weight is 280 g/mol. The van der Waals surface area contributed by atoms with Gasteiger partial charge in [0.2, 0.25) is 0 Å². The molecule has 0 atom stereocenters. The highest BCUT2D eigenvalue weighted by atomic mass is 16.5. The predicted molar refractivity (Wildman–Crippen MR) is 88.3 cm³/mol. The maximum atomic E-state index is 5.96. The summed E-state index contributed by atoms with van der Waals surface area (Å²) in [4.78, 5) is 0. The van der Waals surface area contributed by atoms with Crippen LogP contribution in [0.3, 0.4) is 0 Å². The predicted octanol–water partition coefficient (Wildman–Crippen LogP) is 5.38. The lowest BCUT2D eigenvalue weighted by Crippen LogP contribution is -2.06. The van der Waals surface area contributed by atoms with E-state index in [0.29, 0.717) is 6.10 Å². The number of aryl methyl sites for hydroxylation is 1. The third kappa shape index (κ3) is 3.74. The molecule has 0 spiro atoms. The van der Waals surface area contributed by atoms with Crippen LogP contribution >= 0.6 is 0 Å². The molecule has 0 N–H and O–H groups in total. The number of hydrogen-bond acceptors (Lipinski definition) is 1. The van der Waals surface area contributed by atoms with Gasteiger partial charge in [-0.2, -0.15) is 0 Å². The zero-order chi connectivity index (χ0) is 14.5. The number of rotatable bonds is 5. The van der Waals surface area contributed by atoms with Crippen LogP contribution in [0.25, 0.3) is 11.1 Å². The molecule has 0 heterocycles. The minimum Gasteiger partial charge on any atom is -0.374 e. The minimum atomic E-state index is 0.492. The smallest absolute Gasteiger partial charge is 0.0720 e. The molecule has 1 saturated carbocycles. The first-order valence-corrected chi connectivity index (χ1v) is 8.15. The van der Waals surface area contributed by atoms with Gasteiger partial charge >= 0.3 is 0 Å². The number of hydrogen-bond donors (Lipinski definition) is 0. The Balaban J connectivity index is 1.62. The van der Waals surface area contributed by atoms with Gasteiger partial charge in [0, 0.05) is 0 Å². The lowest BCUT2D eigenvalue weighted by molar-refractivity contribution is 0.0457. The standard InChI is InChI=1S/C20H24O/c1-2-16-7-11-18(12-8-16)19-13-9-17(10-14-19)15-21-20-5-3-4-6-20/h7-14,20H,2-6,15H2,1H3. The summed E-state index contributed by atoms with van der Waals surface area (Å²) < 4.78 is 5.96. The highest BCUT2D eigenvalue weighted by molar-refractivity contribution is 5.63. The van der Waals surface area contributed by atoms with Gasteiger partial charge in [-0.25, -0.2) is 0 Å². The molecule has 1 heteroatoms. The van der Waals surface area contributed by atoms with Crippen molar-refractivity contribution in [1.82, 2.24) is 0 Å². The Morgan fingerprint density at radius 1 is 0.810 bits per heavy atom. The highest BCUT2D eigenvalue weighted by Crippen LogP contribution is 2.24. The van der Waals surface area contributed by atoms with Gasteiger partial charge < -0.3 is 4.74 Å². The number of benzene rings is 2. The van der Waals surface area contributed by atoms with E-state index in [-0.39, 0.29) is 0 Å². The van der Waals surface area contributed by atoms with Crippen LogP contribution < -0.4 is 0 Å². The van der Waals surface area contributed by atoms with Crippen LogP contribution in [-0.4, -0.2) is 6.10 Å².